The number of nitrogens with zero attached hydrogens (tertiary/aromatic N) is 5. The fraction of sp³-hybridized carbons (Fsp3) is 0.375. The molecule has 2 aliphatic heterocycles. The van der Waals surface area contributed by atoms with E-state index in [-0.39, 0.29) is 57.7 Å². The predicted molar refractivity (Wildman–Crippen MR) is 302 cm³/mol. The Balaban J connectivity index is 0.983. The van der Waals surface area contributed by atoms with Crippen LogP contribution in [-0.4, -0.2) is 122 Å². The van der Waals surface area contributed by atoms with Crippen LogP contribution >= 0.6 is 32.1 Å². The number of sulfone groups is 1. The Kier molecular flexibility index (Phi) is 19.0. The van der Waals surface area contributed by atoms with Crippen LogP contribution in [-0.2, 0) is 14.7 Å². The Labute approximate surface area is 454 Å². The van der Waals surface area contributed by atoms with Crippen molar-refractivity contribution >= 4 is 76.0 Å². The van der Waals surface area contributed by atoms with E-state index in [1.165, 1.54) is 17.8 Å². The number of piperidine rings is 1. The summed E-state index contributed by atoms with van der Waals surface area (Å²) in [5.74, 6) is -0.277. The molecule has 2 fully saturated rings. The van der Waals surface area contributed by atoms with Gasteiger partial charge in [0.25, 0.3) is 9.84 Å². The number of aliphatic hydroxyl groups is 1. The average molecular weight is 1120 g/mol. The van der Waals surface area contributed by atoms with Gasteiger partial charge in [-0.1, -0.05) is 60.1 Å². The first kappa shape index (κ1) is 56.9. The molecule has 0 radical (unpaired) electrons. The molecule has 0 amide bonds. The molecule has 406 valence electrons. The third-order valence-corrected chi connectivity index (χ3v) is 18.4. The number of hydrogen-bond acceptors (Lipinski definition) is 12. The third kappa shape index (κ3) is 13.5. The number of anilines is 4. The van der Waals surface area contributed by atoms with Crippen molar-refractivity contribution in [2.75, 3.05) is 91.1 Å². The van der Waals surface area contributed by atoms with Gasteiger partial charge in [-0.25, -0.2) is 18.1 Å². The second kappa shape index (κ2) is 25.4. The third-order valence-electron chi connectivity index (χ3n) is 14.2. The topological polar surface area (TPSA) is 151 Å². The number of piperazine rings is 1. The van der Waals surface area contributed by atoms with E-state index < -0.39 is 26.2 Å². The van der Waals surface area contributed by atoms with Gasteiger partial charge in [0.2, 0.25) is 0 Å². The molecule has 13 nitrogen and oxygen atoms in total. The molecule has 0 aliphatic carbocycles. The number of aliphatic hydroxyl groups excluding tert-OH is 1. The molecule has 1 aromatic heterocycles. The molecule has 20 heteroatoms. The summed E-state index contributed by atoms with van der Waals surface area (Å²) in [6.07, 6.45) is 2.26. The van der Waals surface area contributed by atoms with Crippen molar-refractivity contribution in [2.45, 2.75) is 67.4 Å². The molecular weight excluding hydrogens is 1060 g/mol. The monoisotopic (exact) mass is 1120 g/mol. The molecule has 3 heterocycles. The molecule has 5 aromatic carbocycles. The molecule has 0 bridgehead atoms. The van der Waals surface area contributed by atoms with Crippen molar-refractivity contribution in [1.29, 1.82) is 0 Å². The van der Waals surface area contributed by atoms with Crippen LogP contribution in [0.1, 0.15) is 55.2 Å². The zero-order valence-electron chi connectivity index (χ0n) is 42.7. The standard InChI is InChI=1S/C56H65ClF3N6O7PS2/c1-38(2)66-39(3)52(55(68)69)53(54(66)41-12-14-43(57)15-13-41)42-8-7-9-47(34-42)64-30-28-63(29-31-64)45-16-18-46(19-17-45)65(32-33-73-70)74-48-20-21-50(51(35-48)76(71,72)56(58,59)60)61-44(37-75-49-10-5-4-6-11-49)24-27-62-25-22-40(36-67)23-26-62/h4-21,34-35,38,40,44,61,67,70,74H,22-33,36-37H2,1-3H3,(H,68,69)/t44-/m1/s1. The normalized spacial score (nSPS) is 15.5. The Morgan fingerprint density at radius 2 is 1.54 bits per heavy atom. The van der Waals surface area contributed by atoms with Crippen molar-refractivity contribution in [1.82, 2.24) is 9.47 Å². The molecule has 8 rings (SSSR count). The number of halogens is 4. The molecule has 76 heavy (non-hydrogen) atoms. The number of likely N-dealkylation sites (tertiary alicyclic amines) is 1. The van der Waals surface area contributed by atoms with Crippen molar-refractivity contribution in [2.24, 2.45) is 5.92 Å². The maximum absolute atomic E-state index is 14.5. The van der Waals surface area contributed by atoms with Gasteiger partial charge in [-0.05, 0) is 148 Å². The molecule has 2 atom stereocenters. The van der Waals surface area contributed by atoms with Crippen LogP contribution in [0.15, 0.2) is 131 Å². The largest absolute Gasteiger partial charge is 0.501 e. The predicted octanol–water partition coefficient (Wildman–Crippen LogP) is 11.6. The SMILES string of the molecule is Cc1c(C(=O)O)c(-c2cccc(N3CCN(c4ccc(N(CCOO)Pc5ccc(N[C@H](CCN6CCC(CO)CC6)CSc6ccccc6)c(S(=O)(=O)C(F)(F)F)c5)cc4)CC3)c2)c(-c2ccc(Cl)cc2)n1C(C)C. The lowest BCUT2D eigenvalue weighted by molar-refractivity contribution is -0.239. The lowest BCUT2D eigenvalue weighted by Crippen LogP contribution is -2.46. The van der Waals surface area contributed by atoms with Crippen LogP contribution in [0, 0.1) is 12.8 Å². The smallest absolute Gasteiger partial charge is 0.478 e. The van der Waals surface area contributed by atoms with E-state index in [4.69, 9.17) is 11.6 Å². The highest BCUT2D eigenvalue weighted by molar-refractivity contribution is 7.99. The second-order valence-electron chi connectivity index (χ2n) is 19.5. The van der Waals surface area contributed by atoms with E-state index in [9.17, 15) is 41.9 Å². The zero-order chi connectivity index (χ0) is 54.1. The number of benzene rings is 5. The van der Waals surface area contributed by atoms with Gasteiger partial charge in [-0.3, -0.25) is 5.26 Å². The minimum atomic E-state index is -5.80. The zero-order valence-corrected chi connectivity index (χ0v) is 46.1. The Hall–Kier alpha value is -5.30. The number of rotatable bonds is 22. The van der Waals surface area contributed by atoms with Crippen LogP contribution < -0.4 is 25.1 Å². The highest BCUT2D eigenvalue weighted by Crippen LogP contribution is 2.43. The summed E-state index contributed by atoms with van der Waals surface area (Å²) < 4.78 is 74.1. The summed E-state index contributed by atoms with van der Waals surface area (Å²) in [5.41, 5.74) is 0.978. The van der Waals surface area contributed by atoms with E-state index in [0.29, 0.717) is 72.2 Å². The fourth-order valence-electron chi connectivity index (χ4n) is 10.2. The maximum atomic E-state index is 14.5. The fourth-order valence-corrected chi connectivity index (χ4v) is 13.5. The van der Waals surface area contributed by atoms with Crippen LogP contribution in [0.5, 0.6) is 0 Å². The van der Waals surface area contributed by atoms with Gasteiger partial charge in [0, 0.05) is 111 Å². The minimum Gasteiger partial charge on any atom is -0.478 e. The number of aromatic carboxylic acids is 1. The van der Waals surface area contributed by atoms with E-state index in [1.807, 2.05) is 123 Å². The van der Waals surface area contributed by atoms with Crippen LogP contribution in [0.4, 0.5) is 35.9 Å². The van der Waals surface area contributed by atoms with Gasteiger partial charge >= 0.3 is 11.5 Å². The average Bonchev–Trinajstić information content (AvgIpc) is 3.78. The molecule has 4 N–H and O–H groups in total. The van der Waals surface area contributed by atoms with Gasteiger partial charge in [-0.15, -0.1) is 11.8 Å². The minimum absolute atomic E-state index is 0.0143. The first-order chi connectivity index (χ1) is 36.4. The first-order valence-corrected chi connectivity index (χ1v) is 29.2. The summed E-state index contributed by atoms with van der Waals surface area (Å²) in [6.45, 7) is 11.1. The first-order valence-electron chi connectivity index (χ1n) is 25.4. The molecule has 0 saturated carbocycles. The Morgan fingerprint density at radius 3 is 2.16 bits per heavy atom. The summed E-state index contributed by atoms with van der Waals surface area (Å²) >= 11 is 7.82. The number of carboxylic acids is 1. The van der Waals surface area contributed by atoms with Crippen molar-refractivity contribution in [3.05, 3.63) is 138 Å². The molecular formula is C56H65ClF3N6O7PS2. The number of carbonyl (C=O) groups is 1. The van der Waals surface area contributed by atoms with E-state index in [2.05, 4.69) is 35.5 Å². The highest BCUT2D eigenvalue weighted by Gasteiger charge is 2.48. The van der Waals surface area contributed by atoms with Gasteiger partial charge < -0.3 is 39.5 Å². The van der Waals surface area contributed by atoms with Crippen molar-refractivity contribution in [3.8, 4) is 22.4 Å². The summed E-state index contributed by atoms with van der Waals surface area (Å²) in [4.78, 5) is 24.3. The van der Waals surface area contributed by atoms with E-state index >= 15 is 0 Å². The number of alkyl halides is 3. The van der Waals surface area contributed by atoms with Gasteiger partial charge in [-0.2, -0.15) is 13.2 Å². The quantitative estimate of drug-likeness (QED) is 0.0221. The summed E-state index contributed by atoms with van der Waals surface area (Å²) in [6, 6.07) is 36.6. The highest BCUT2D eigenvalue weighted by atomic mass is 35.5. The van der Waals surface area contributed by atoms with Crippen molar-refractivity contribution < 1.29 is 46.7 Å². The lowest BCUT2D eigenvalue weighted by atomic mass is 9.96. The molecule has 2 saturated heterocycles. The number of hydrogen-bond donors (Lipinski definition) is 4. The van der Waals surface area contributed by atoms with Crippen LogP contribution in [0.3, 0.4) is 0 Å². The summed E-state index contributed by atoms with van der Waals surface area (Å²) in [5, 5.41) is 33.7. The molecule has 0 spiro atoms. The van der Waals surface area contributed by atoms with Gasteiger partial charge in [0.05, 0.1) is 28.4 Å². The second-order valence-corrected chi connectivity index (χ2v) is 24.3. The van der Waals surface area contributed by atoms with E-state index in [1.54, 1.807) is 6.07 Å². The number of thioether (sulfide) groups is 1. The molecule has 1 unspecified atom stereocenters. The lowest BCUT2D eigenvalue weighted by Gasteiger charge is -2.37. The van der Waals surface area contributed by atoms with Crippen LogP contribution in [0.2, 0.25) is 5.02 Å². The number of nitrogens with one attached hydrogen (secondary N) is 1. The Morgan fingerprint density at radius 1 is 0.868 bits per heavy atom. The number of aromatic nitrogens is 1. The van der Waals surface area contributed by atoms with E-state index in [0.717, 1.165) is 65.1 Å². The Bertz CT molecular complexity index is 3010. The molecule has 2 aliphatic rings. The van der Waals surface area contributed by atoms with Crippen LogP contribution in [0.25, 0.3) is 22.4 Å². The summed E-state index contributed by atoms with van der Waals surface area (Å²) in [7, 11) is -6.13. The van der Waals surface area contributed by atoms with Gasteiger partial charge in [0.1, 0.15) is 0 Å². The maximum Gasteiger partial charge on any atom is 0.501 e. The molecule has 6 aromatic rings. The van der Waals surface area contributed by atoms with Crippen molar-refractivity contribution in [3.63, 3.8) is 0 Å². The van der Waals surface area contributed by atoms with Gasteiger partial charge in [0.15, 0.2) is 0 Å². The number of carboxylic acid groups (broad SMARTS) is 1.